The zero-order valence-electron chi connectivity index (χ0n) is 10.1. The molecule has 1 rings (SSSR count). The molecule has 0 amide bonds. The van der Waals surface area contributed by atoms with Crippen LogP contribution in [0.1, 0.15) is 5.69 Å². The fourth-order valence-corrected chi connectivity index (χ4v) is 1.24. The Hall–Kier alpha value is -1.02. The molecule has 0 aliphatic rings. The lowest BCUT2D eigenvalue weighted by Crippen LogP contribution is -2.18. The minimum absolute atomic E-state index is 0.0476. The minimum Gasteiger partial charge on any atom is -0.394 e. The van der Waals surface area contributed by atoms with E-state index in [4.69, 9.17) is 14.6 Å². The quantitative estimate of drug-likeness (QED) is 0.515. The van der Waals surface area contributed by atoms with Gasteiger partial charge in [0.1, 0.15) is 0 Å². The van der Waals surface area contributed by atoms with Gasteiger partial charge in [-0.1, -0.05) is 5.21 Å². The summed E-state index contributed by atoms with van der Waals surface area (Å²) in [7, 11) is 1.67. The molecule has 0 fully saturated rings. The molecule has 0 unspecified atom stereocenters. The molecule has 2 N–H and O–H groups in total. The molecule has 1 aromatic rings. The summed E-state index contributed by atoms with van der Waals surface area (Å²) in [5.41, 5.74) is 0.892. The molecule has 0 saturated carbocycles. The van der Waals surface area contributed by atoms with E-state index >= 15 is 0 Å². The van der Waals surface area contributed by atoms with E-state index in [-0.39, 0.29) is 6.61 Å². The average molecular weight is 244 g/mol. The first-order chi connectivity index (χ1) is 8.36. The van der Waals surface area contributed by atoms with Gasteiger partial charge in [-0.25, -0.2) is 4.68 Å². The maximum absolute atomic E-state index is 8.53. The van der Waals surface area contributed by atoms with E-state index in [1.807, 2.05) is 6.20 Å². The number of rotatable bonds is 10. The van der Waals surface area contributed by atoms with Crippen molar-refractivity contribution in [2.75, 3.05) is 40.1 Å². The molecule has 0 aliphatic carbocycles. The van der Waals surface area contributed by atoms with Crippen molar-refractivity contribution in [2.24, 2.45) is 0 Å². The first-order valence-electron chi connectivity index (χ1n) is 5.64. The van der Waals surface area contributed by atoms with Crippen molar-refractivity contribution in [1.29, 1.82) is 0 Å². The second kappa shape index (κ2) is 9.06. The third-order valence-corrected chi connectivity index (χ3v) is 2.08. The number of methoxy groups -OCH3 is 1. The van der Waals surface area contributed by atoms with Gasteiger partial charge in [0, 0.05) is 26.4 Å². The first kappa shape index (κ1) is 14.0. The van der Waals surface area contributed by atoms with Gasteiger partial charge in [0.25, 0.3) is 0 Å². The number of hydrogen-bond donors (Lipinski definition) is 2. The van der Waals surface area contributed by atoms with Gasteiger partial charge in [-0.05, 0) is 0 Å². The molecule has 1 aromatic heterocycles. The van der Waals surface area contributed by atoms with Gasteiger partial charge in [-0.15, -0.1) is 5.10 Å². The smallest absolute Gasteiger partial charge is 0.0964 e. The highest BCUT2D eigenvalue weighted by molar-refractivity contribution is 4.91. The highest BCUT2D eigenvalue weighted by atomic mass is 16.5. The maximum atomic E-state index is 8.53. The van der Waals surface area contributed by atoms with Crippen LogP contribution in [0.2, 0.25) is 0 Å². The summed E-state index contributed by atoms with van der Waals surface area (Å²) in [6, 6.07) is 0. The van der Waals surface area contributed by atoms with Crippen molar-refractivity contribution >= 4 is 0 Å². The number of aliphatic hydroxyl groups excluding tert-OH is 1. The average Bonchev–Trinajstić information content (AvgIpc) is 2.78. The molecule has 17 heavy (non-hydrogen) atoms. The Morgan fingerprint density at radius 3 is 3.06 bits per heavy atom. The van der Waals surface area contributed by atoms with Crippen LogP contribution in [0.5, 0.6) is 0 Å². The SMILES string of the molecule is COCCNCc1cn(CCOCCO)nn1. The van der Waals surface area contributed by atoms with Crippen molar-refractivity contribution in [3.05, 3.63) is 11.9 Å². The zero-order chi connectivity index (χ0) is 12.3. The van der Waals surface area contributed by atoms with Crippen molar-refractivity contribution in [1.82, 2.24) is 20.3 Å². The van der Waals surface area contributed by atoms with Gasteiger partial charge in [-0.3, -0.25) is 0 Å². The van der Waals surface area contributed by atoms with Crippen LogP contribution in [0.3, 0.4) is 0 Å². The molecule has 0 aromatic carbocycles. The summed E-state index contributed by atoms with van der Waals surface area (Å²) < 4.78 is 11.8. The Morgan fingerprint density at radius 2 is 2.29 bits per heavy atom. The van der Waals surface area contributed by atoms with Gasteiger partial charge < -0.3 is 19.9 Å². The number of aromatic nitrogens is 3. The van der Waals surface area contributed by atoms with E-state index in [1.165, 1.54) is 0 Å². The molecule has 0 aliphatic heterocycles. The normalized spacial score (nSPS) is 10.9. The second-order valence-electron chi connectivity index (χ2n) is 3.48. The molecule has 0 bridgehead atoms. The van der Waals surface area contributed by atoms with Crippen LogP contribution in [0, 0.1) is 0 Å². The predicted octanol–water partition coefficient (Wildman–Crippen LogP) is -0.977. The van der Waals surface area contributed by atoms with E-state index in [2.05, 4.69) is 15.6 Å². The number of ether oxygens (including phenoxy) is 2. The predicted molar refractivity (Wildman–Crippen MR) is 61.5 cm³/mol. The van der Waals surface area contributed by atoms with Crippen LogP contribution in [0.4, 0.5) is 0 Å². The Kier molecular flexibility index (Phi) is 7.48. The highest BCUT2D eigenvalue weighted by Crippen LogP contribution is 1.92. The van der Waals surface area contributed by atoms with Crippen LogP contribution in [0.25, 0.3) is 0 Å². The van der Waals surface area contributed by atoms with Crippen molar-refractivity contribution in [2.45, 2.75) is 13.1 Å². The van der Waals surface area contributed by atoms with E-state index in [1.54, 1.807) is 11.8 Å². The lowest BCUT2D eigenvalue weighted by atomic mass is 10.4. The molecular weight excluding hydrogens is 224 g/mol. The summed E-state index contributed by atoms with van der Waals surface area (Å²) in [4.78, 5) is 0. The van der Waals surface area contributed by atoms with Gasteiger partial charge in [0.05, 0.1) is 38.7 Å². The lowest BCUT2D eigenvalue weighted by molar-refractivity contribution is 0.0851. The van der Waals surface area contributed by atoms with Crippen molar-refractivity contribution in [3.63, 3.8) is 0 Å². The van der Waals surface area contributed by atoms with Crippen LogP contribution >= 0.6 is 0 Å². The topological polar surface area (TPSA) is 81.4 Å². The molecule has 0 spiro atoms. The number of nitrogens with zero attached hydrogens (tertiary/aromatic N) is 3. The van der Waals surface area contributed by atoms with E-state index < -0.39 is 0 Å². The van der Waals surface area contributed by atoms with Gasteiger partial charge in [0.2, 0.25) is 0 Å². The van der Waals surface area contributed by atoms with Crippen LogP contribution in [0.15, 0.2) is 6.20 Å². The summed E-state index contributed by atoms with van der Waals surface area (Å²) >= 11 is 0. The van der Waals surface area contributed by atoms with Crippen LogP contribution < -0.4 is 5.32 Å². The third kappa shape index (κ3) is 6.32. The summed E-state index contributed by atoms with van der Waals surface area (Å²) in [5, 5.41) is 19.7. The van der Waals surface area contributed by atoms with Crippen LogP contribution in [-0.4, -0.2) is 60.2 Å². The molecule has 7 nitrogen and oxygen atoms in total. The minimum atomic E-state index is 0.0476. The molecule has 98 valence electrons. The summed E-state index contributed by atoms with van der Waals surface area (Å²) in [5.74, 6) is 0. The molecule has 0 radical (unpaired) electrons. The van der Waals surface area contributed by atoms with Gasteiger partial charge >= 0.3 is 0 Å². The molecule has 0 atom stereocenters. The Balaban J connectivity index is 2.14. The van der Waals surface area contributed by atoms with Crippen molar-refractivity contribution in [3.8, 4) is 0 Å². The molecule has 1 heterocycles. The Labute approximate surface area is 101 Å². The highest BCUT2D eigenvalue weighted by Gasteiger charge is 1.99. The monoisotopic (exact) mass is 244 g/mol. The largest absolute Gasteiger partial charge is 0.394 e. The first-order valence-corrected chi connectivity index (χ1v) is 5.64. The number of hydrogen-bond acceptors (Lipinski definition) is 6. The number of nitrogens with one attached hydrogen (secondary N) is 1. The van der Waals surface area contributed by atoms with Crippen molar-refractivity contribution < 1.29 is 14.6 Å². The molecular formula is C10H20N4O3. The Bertz CT molecular complexity index is 266. The second-order valence-corrected chi connectivity index (χ2v) is 3.48. The van der Waals surface area contributed by atoms with Gasteiger partial charge in [-0.2, -0.15) is 0 Å². The number of aliphatic hydroxyl groups is 1. The van der Waals surface area contributed by atoms with Crippen LogP contribution in [-0.2, 0) is 22.6 Å². The van der Waals surface area contributed by atoms with E-state index in [9.17, 15) is 0 Å². The fourth-order valence-electron chi connectivity index (χ4n) is 1.24. The fraction of sp³-hybridized carbons (Fsp3) is 0.800. The maximum Gasteiger partial charge on any atom is 0.0964 e. The summed E-state index contributed by atoms with van der Waals surface area (Å²) in [6.07, 6.45) is 1.88. The van der Waals surface area contributed by atoms with E-state index in [0.717, 1.165) is 12.2 Å². The molecule has 7 heteroatoms. The lowest BCUT2D eigenvalue weighted by Gasteiger charge is -2.01. The third-order valence-electron chi connectivity index (χ3n) is 2.08. The molecule has 0 saturated heterocycles. The zero-order valence-corrected chi connectivity index (χ0v) is 10.1. The Morgan fingerprint density at radius 1 is 1.41 bits per heavy atom. The van der Waals surface area contributed by atoms with Gasteiger partial charge in [0.15, 0.2) is 0 Å². The van der Waals surface area contributed by atoms with E-state index in [0.29, 0.717) is 32.9 Å². The summed E-state index contributed by atoms with van der Waals surface area (Å²) in [6.45, 7) is 3.74. The standard InChI is InChI=1S/C10H20N4O3/c1-16-5-2-11-8-10-9-14(13-12-10)3-6-17-7-4-15/h9,11,15H,2-8H2,1H3.